The molecule has 1 saturated carbocycles. The summed E-state index contributed by atoms with van der Waals surface area (Å²) in [7, 11) is 2.21. The quantitative estimate of drug-likeness (QED) is 0.327. The van der Waals surface area contributed by atoms with Crippen molar-refractivity contribution in [2.24, 2.45) is 5.41 Å². The van der Waals surface area contributed by atoms with Gasteiger partial charge >= 0.3 is 0 Å². The second kappa shape index (κ2) is 8.99. The van der Waals surface area contributed by atoms with Gasteiger partial charge in [-0.3, -0.25) is 9.69 Å². The fourth-order valence-corrected chi connectivity index (χ4v) is 7.80. The summed E-state index contributed by atoms with van der Waals surface area (Å²) in [4.78, 5) is 32.7. The van der Waals surface area contributed by atoms with E-state index in [2.05, 4.69) is 58.0 Å². The molecular weight excluding hydrogens is 528 g/mol. The number of likely N-dealkylation sites (tertiary alicyclic amines) is 1. The van der Waals surface area contributed by atoms with Crippen molar-refractivity contribution in [3.63, 3.8) is 0 Å². The monoisotopic (exact) mass is 564 g/mol. The molecule has 2 bridgehead atoms. The van der Waals surface area contributed by atoms with Gasteiger partial charge in [0.15, 0.2) is 11.5 Å². The second-order valence-electron chi connectivity index (χ2n) is 12.6. The number of rotatable bonds is 7. The lowest BCUT2D eigenvalue weighted by Crippen LogP contribution is -2.44. The van der Waals surface area contributed by atoms with Gasteiger partial charge in [-0.2, -0.15) is 4.98 Å². The van der Waals surface area contributed by atoms with E-state index in [1.807, 2.05) is 19.1 Å². The van der Waals surface area contributed by atoms with Crippen LogP contribution in [0.15, 0.2) is 60.0 Å². The number of nitrogens with one attached hydrogen (secondary N) is 1. The Morgan fingerprint density at radius 3 is 2.60 bits per heavy atom. The fraction of sp³-hybridized carbons (Fsp3) is 0.438. The largest absolute Gasteiger partial charge is 0.383 e. The van der Waals surface area contributed by atoms with Crippen molar-refractivity contribution in [3.05, 3.63) is 76.9 Å². The first-order valence-corrected chi connectivity index (χ1v) is 15.0. The number of hydrogen-bond donors (Lipinski definition) is 2. The highest BCUT2D eigenvalue weighted by Gasteiger charge is 2.63. The molecule has 0 amide bonds. The van der Waals surface area contributed by atoms with Crippen molar-refractivity contribution in [1.29, 1.82) is 0 Å². The third-order valence-electron chi connectivity index (χ3n) is 10.3. The van der Waals surface area contributed by atoms with Crippen LogP contribution in [-0.2, 0) is 18.6 Å². The van der Waals surface area contributed by atoms with Crippen LogP contribution >= 0.6 is 0 Å². The topological polar surface area (TPSA) is 104 Å². The molecule has 2 N–H and O–H groups in total. The van der Waals surface area contributed by atoms with Crippen LogP contribution in [0.1, 0.15) is 43.9 Å². The zero-order valence-corrected chi connectivity index (χ0v) is 24.1. The van der Waals surface area contributed by atoms with Crippen molar-refractivity contribution in [3.8, 4) is 5.82 Å². The van der Waals surface area contributed by atoms with Crippen LogP contribution in [0.2, 0.25) is 0 Å². The number of allylic oxidation sites excluding steroid dienone is 1. The fourth-order valence-electron chi connectivity index (χ4n) is 7.80. The molecule has 2 saturated heterocycles. The zero-order chi connectivity index (χ0) is 28.8. The van der Waals surface area contributed by atoms with Gasteiger partial charge < -0.3 is 15.3 Å². The van der Waals surface area contributed by atoms with Gasteiger partial charge in [0.05, 0.1) is 12.2 Å². The molecule has 3 atom stereocenters. The van der Waals surface area contributed by atoms with Crippen molar-refractivity contribution in [1.82, 2.24) is 29.2 Å². The first-order valence-electron chi connectivity index (χ1n) is 15.0. The SMILES string of the molecule is C=CCn1c(=O)c2cnc(Nc3ccc(N4C[C@H]5C[C@@H]4CN5C)cc3)nc2n1-c1ccc2c(n1)C(O)(CC)C1(CC1)C2. The minimum Gasteiger partial charge on any atom is -0.383 e. The van der Waals surface area contributed by atoms with Crippen LogP contribution in [0.3, 0.4) is 0 Å². The molecule has 4 aliphatic rings. The smallest absolute Gasteiger partial charge is 0.278 e. The van der Waals surface area contributed by atoms with Gasteiger partial charge in [0.1, 0.15) is 11.0 Å². The van der Waals surface area contributed by atoms with E-state index in [9.17, 15) is 9.90 Å². The van der Waals surface area contributed by atoms with E-state index >= 15 is 0 Å². The molecule has 10 nitrogen and oxygen atoms in total. The molecule has 3 aromatic heterocycles. The van der Waals surface area contributed by atoms with E-state index in [0.29, 0.717) is 41.3 Å². The van der Waals surface area contributed by atoms with Gasteiger partial charge in [-0.15, -0.1) is 6.58 Å². The maximum Gasteiger partial charge on any atom is 0.278 e. The lowest BCUT2D eigenvalue weighted by Gasteiger charge is -2.33. The highest BCUT2D eigenvalue weighted by Crippen LogP contribution is 2.65. The Bertz CT molecular complexity index is 1790. The van der Waals surface area contributed by atoms with Gasteiger partial charge in [-0.1, -0.05) is 19.1 Å². The first kappa shape index (κ1) is 25.7. The Morgan fingerprint density at radius 2 is 1.93 bits per heavy atom. The minimum absolute atomic E-state index is 0.102. The van der Waals surface area contributed by atoms with Crippen molar-refractivity contribution < 1.29 is 5.11 Å². The van der Waals surface area contributed by atoms with Gasteiger partial charge in [-0.05, 0) is 75.0 Å². The predicted octanol–water partition coefficient (Wildman–Crippen LogP) is 3.73. The summed E-state index contributed by atoms with van der Waals surface area (Å²) in [5.74, 6) is 0.941. The number of fused-ring (bicyclic) bond motifs is 4. The molecule has 42 heavy (non-hydrogen) atoms. The lowest BCUT2D eigenvalue weighted by atomic mass is 9.84. The number of aliphatic hydroxyl groups is 1. The van der Waals surface area contributed by atoms with Gasteiger partial charge in [0.25, 0.3) is 5.56 Å². The van der Waals surface area contributed by atoms with E-state index in [-0.39, 0.29) is 17.5 Å². The molecular formula is C32H36N8O2. The first-order chi connectivity index (χ1) is 20.3. The van der Waals surface area contributed by atoms with E-state index < -0.39 is 5.60 Å². The molecule has 2 aliphatic heterocycles. The van der Waals surface area contributed by atoms with Crippen molar-refractivity contribution in [2.45, 2.75) is 63.3 Å². The Morgan fingerprint density at radius 1 is 1.12 bits per heavy atom. The number of hydrogen-bond acceptors (Lipinski definition) is 8. The number of anilines is 3. The van der Waals surface area contributed by atoms with Crippen LogP contribution < -0.4 is 15.8 Å². The predicted molar refractivity (Wildman–Crippen MR) is 163 cm³/mol. The molecule has 216 valence electrons. The van der Waals surface area contributed by atoms with Gasteiger partial charge in [0.2, 0.25) is 5.95 Å². The summed E-state index contributed by atoms with van der Waals surface area (Å²) >= 11 is 0. The molecule has 5 heterocycles. The maximum absolute atomic E-state index is 13.5. The number of nitrogens with zero attached hydrogens (tertiary/aromatic N) is 7. The van der Waals surface area contributed by atoms with Gasteiger partial charge in [-0.25, -0.2) is 19.3 Å². The standard InChI is InChI=1S/C32H36N8O2/c1-4-14-39-29(41)25-17-33-30(34-21-7-9-22(10-8-21)38-19-23-15-24(38)18-37(23)3)36-28(25)40(39)26-11-6-20-16-31(12-13-31)32(42,5-2)27(20)35-26/h4,6-11,17,23-24,42H,1,5,12-16,18-19H2,2-3H3,(H,33,34,36)/t23-,24-,32?/m1/s1. The normalized spacial score (nSPS) is 25.5. The second-order valence-corrected chi connectivity index (χ2v) is 12.6. The Labute approximate surface area is 244 Å². The maximum atomic E-state index is 13.5. The minimum atomic E-state index is -0.955. The molecule has 1 spiro atoms. The van der Waals surface area contributed by atoms with E-state index in [1.165, 1.54) is 12.1 Å². The van der Waals surface area contributed by atoms with E-state index in [1.54, 1.807) is 21.6 Å². The molecule has 1 aromatic carbocycles. The summed E-state index contributed by atoms with van der Waals surface area (Å²) in [6.07, 6.45) is 7.96. The molecule has 4 aromatic rings. The highest BCUT2D eigenvalue weighted by molar-refractivity contribution is 5.77. The summed E-state index contributed by atoms with van der Waals surface area (Å²) < 4.78 is 3.32. The van der Waals surface area contributed by atoms with Crippen LogP contribution in [0, 0.1) is 5.41 Å². The highest BCUT2D eigenvalue weighted by atomic mass is 16.3. The van der Waals surface area contributed by atoms with E-state index in [0.717, 1.165) is 49.3 Å². The van der Waals surface area contributed by atoms with Crippen LogP contribution in [0.25, 0.3) is 16.9 Å². The molecule has 1 unspecified atom stereocenters. The van der Waals surface area contributed by atoms with Crippen molar-refractivity contribution in [2.75, 3.05) is 30.4 Å². The van der Waals surface area contributed by atoms with Crippen LogP contribution in [-0.4, -0.2) is 66.5 Å². The number of likely N-dealkylation sites (N-methyl/N-ethyl adjacent to an activating group) is 1. The van der Waals surface area contributed by atoms with E-state index in [4.69, 9.17) is 9.97 Å². The molecule has 0 radical (unpaired) electrons. The summed E-state index contributed by atoms with van der Waals surface area (Å²) in [6, 6.07) is 13.6. The summed E-state index contributed by atoms with van der Waals surface area (Å²) in [6.45, 7) is 8.35. The average molecular weight is 565 g/mol. The van der Waals surface area contributed by atoms with Crippen LogP contribution in [0.4, 0.5) is 17.3 Å². The summed E-state index contributed by atoms with van der Waals surface area (Å²) in [5, 5.41) is 15.5. The lowest BCUT2D eigenvalue weighted by molar-refractivity contribution is -0.0324. The Hall–Kier alpha value is -4.02. The molecule has 3 fully saturated rings. The van der Waals surface area contributed by atoms with Crippen LogP contribution in [0.5, 0.6) is 0 Å². The third-order valence-corrected chi connectivity index (χ3v) is 10.3. The number of benzene rings is 1. The Kier molecular flexibility index (Phi) is 5.49. The number of piperazine rings is 1. The van der Waals surface area contributed by atoms with Crippen molar-refractivity contribution >= 4 is 28.4 Å². The molecule has 8 rings (SSSR count). The summed E-state index contributed by atoms with van der Waals surface area (Å²) in [5.41, 5.74) is 3.11. The molecule has 2 aliphatic carbocycles. The number of pyridine rings is 1. The Balaban J connectivity index is 1.15. The molecule has 10 heteroatoms. The third kappa shape index (κ3) is 3.57. The zero-order valence-electron chi connectivity index (χ0n) is 24.1. The number of aromatic nitrogens is 5. The average Bonchev–Trinajstić information content (AvgIpc) is 3.28. The van der Waals surface area contributed by atoms with Gasteiger partial charge in [0, 0.05) is 48.2 Å².